The number of hydrogen-bond donors (Lipinski definition) is 2. The predicted molar refractivity (Wildman–Crippen MR) is 103 cm³/mol. The molecule has 2 aromatic rings. The third kappa shape index (κ3) is 5.04. The van der Waals surface area contributed by atoms with Crippen molar-refractivity contribution in [1.29, 1.82) is 0 Å². The molecule has 7 heteroatoms. The van der Waals surface area contributed by atoms with E-state index in [1.54, 1.807) is 11.3 Å². The molecular formula is C18H29N5OS. The lowest BCUT2D eigenvalue weighted by atomic mass is 9.92. The van der Waals surface area contributed by atoms with Crippen LogP contribution in [0.2, 0.25) is 0 Å². The lowest BCUT2D eigenvalue weighted by molar-refractivity contribution is 0.251. The molecule has 0 saturated carbocycles. The van der Waals surface area contributed by atoms with Crippen LogP contribution in [0.25, 0.3) is 0 Å². The Labute approximate surface area is 154 Å². The minimum atomic E-state index is -0.253. The zero-order valence-corrected chi connectivity index (χ0v) is 17.0. The number of aromatic nitrogens is 3. The molecule has 0 spiro atoms. The van der Waals surface area contributed by atoms with Gasteiger partial charge in [-0.3, -0.25) is 5.32 Å². The highest BCUT2D eigenvalue weighted by atomic mass is 32.1. The topological polar surface area (TPSA) is 71.8 Å². The van der Waals surface area contributed by atoms with Crippen LogP contribution in [0.15, 0.2) is 11.4 Å². The zero-order valence-electron chi connectivity index (χ0n) is 16.2. The minimum absolute atomic E-state index is 0.0828. The highest BCUT2D eigenvalue weighted by Gasteiger charge is 2.25. The van der Waals surface area contributed by atoms with Gasteiger partial charge in [-0.05, 0) is 27.2 Å². The maximum Gasteiger partial charge on any atom is 0.320 e. The third-order valence-corrected chi connectivity index (χ3v) is 4.73. The van der Waals surface area contributed by atoms with Gasteiger partial charge in [0.2, 0.25) is 0 Å². The number of amides is 2. The predicted octanol–water partition coefficient (Wildman–Crippen LogP) is 4.28. The number of aryl methyl sites for hydroxylation is 1. The number of nitrogens with zero attached hydrogens (tertiary/aromatic N) is 3. The van der Waals surface area contributed by atoms with Crippen molar-refractivity contribution in [3.05, 3.63) is 27.8 Å². The Kier molecular flexibility index (Phi) is 5.56. The summed E-state index contributed by atoms with van der Waals surface area (Å²) in [7, 11) is 0. The van der Waals surface area contributed by atoms with Crippen molar-refractivity contribution in [1.82, 2.24) is 20.1 Å². The molecule has 138 valence electrons. The van der Waals surface area contributed by atoms with Crippen molar-refractivity contribution in [2.45, 2.75) is 72.4 Å². The van der Waals surface area contributed by atoms with Gasteiger partial charge in [0.05, 0.1) is 28.5 Å². The van der Waals surface area contributed by atoms with E-state index in [1.165, 1.54) is 0 Å². The maximum atomic E-state index is 12.3. The van der Waals surface area contributed by atoms with Gasteiger partial charge in [0.1, 0.15) is 5.82 Å². The molecule has 2 N–H and O–H groups in total. The molecule has 0 bridgehead atoms. The number of rotatable bonds is 4. The van der Waals surface area contributed by atoms with E-state index in [-0.39, 0.29) is 17.0 Å². The molecule has 0 radical (unpaired) electrons. The molecule has 25 heavy (non-hydrogen) atoms. The molecule has 2 heterocycles. The summed E-state index contributed by atoms with van der Waals surface area (Å²) in [6.07, 6.45) is 0.914. The molecule has 0 aromatic carbocycles. The largest absolute Gasteiger partial charge is 0.332 e. The van der Waals surface area contributed by atoms with Crippen molar-refractivity contribution in [2.24, 2.45) is 0 Å². The van der Waals surface area contributed by atoms with Gasteiger partial charge in [-0.2, -0.15) is 5.10 Å². The molecule has 0 unspecified atom stereocenters. The zero-order chi connectivity index (χ0) is 18.8. The molecule has 2 amide bonds. The van der Waals surface area contributed by atoms with E-state index >= 15 is 0 Å². The van der Waals surface area contributed by atoms with E-state index in [4.69, 9.17) is 5.10 Å². The van der Waals surface area contributed by atoms with Crippen LogP contribution in [0, 0.1) is 0 Å². The summed E-state index contributed by atoms with van der Waals surface area (Å²) >= 11 is 1.62. The van der Waals surface area contributed by atoms with E-state index in [1.807, 2.05) is 16.1 Å². The Bertz CT molecular complexity index is 733. The smallest absolute Gasteiger partial charge is 0.320 e. The molecule has 0 aliphatic carbocycles. The summed E-state index contributed by atoms with van der Waals surface area (Å²) in [6.45, 7) is 15.0. The van der Waals surface area contributed by atoms with E-state index < -0.39 is 0 Å². The minimum Gasteiger partial charge on any atom is -0.332 e. The molecule has 0 fully saturated rings. The highest BCUT2D eigenvalue weighted by Crippen LogP contribution is 2.28. The van der Waals surface area contributed by atoms with Crippen LogP contribution in [0.1, 0.15) is 64.9 Å². The van der Waals surface area contributed by atoms with Gasteiger partial charge in [0.25, 0.3) is 0 Å². The van der Waals surface area contributed by atoms with Gasteiger partial charge in [0.15, 0.2) is 0 Å². The van der Waals surface area contributed by atoms with Gasteiger partial charge in [-0.25, -0.2) is 14.5 Å². The summed E-state index contributed by atoms with van der Waals surface area (Å²) in [5.74, 6) is 0.697. The van der Waals surface area contributed by atoms with Gasteiger partial charge in [-0.1, -0.05) is 27.7 Å². The summed E-state index contributed by atoms with van der Waals surface area (Å²) < 4.78 is 1.87. The van der Waals surface area contributed by atoms with Crippen molar-refractivity contribution in [3.8, 4) is 0 Å². The quantitative estimate of drug-likeness (QED) is 0.852. The van der Waals surface area contributed by atoms with Crippen LogP contribution in [0.3, 0.4) is 0 Å². The Morgan fingerprint density at radius 3 is 2.44 bits per heavy atom. The number of thiazole rings is 1. The first kappa shape index (κ1) is 19.4. The average Bonchev–Trinajstić information content (AvgIpc) is 3.10. The first-order valence-electron chi connectivity index (χ1n) is 8.60. The second kappa shape index (κ2) is 7.15. The second-order valence-electron chi connectivity index (χ2n) is 8.14. The van der Waals surface area contributed by atoms with E-state index in [2.05, 4.69) is 64.1 Å². The van der Waals surface area contributed by atoms with Crippen molar-refractivity contribution in [3.63, 3.8) is 0 Å². The molecule has 0 saturated heterocycles. The number of nitrogens with one attached hydrogen (secondary N) is 2. The van der Waals surface area contributed by atoms with E-state index in [0.717, 1.165) is 22.8 Å². The Morgan fingerprint density at radius 2 is 1.92 bits per heavy atom. The van der Waals surface area contributed by atoms with Crippen molar-refractivity contribution in [2.75, 3.05) is 5.32 Å². The second-order valence-corrected chi connectivity index (χ2v) is 9.08. The molecule has 2 aromatic heterocycles. The fourth-order valence-corrected chi connectivity index (χ4v) is 3.02. The standard InChI is InChI=1S/C18H29N5OS/c1-8-15-20-12(11-25-15)10-19-16(24)21-14-9-13(17(2,3)4)22-23(14)18(5,6)7/h9,11H,8,10H2,1-7H3,(H2,19,21,24). The number of carbonyl (C=O) groups is 1. The van der Waals surface area contributed by atoms with Gasteiger partial charge < -0.3 is 5.32 Å². The number of anilines is 1. The van der Waals surface area contributed by atoms with Gasteiger partial charge in [0, 0.05) is 16.9 Å². The molecule has 0 aliphatic heterocycles. The fraction of sp³-hybridized carbons (Fsp3) is 0.611. The van der Waals surface area contributed by atoms with Crippen molar-refractivity contribution < 1.29 is 4.79 Å². The summed E-state index contributed by atoms with van der Waals surface area (Å²) in [4.78, 5) is 16.8. The van der Waals surface area contributed by atoms with Crippen LogP contribution in [-0.2, 0) is 23.9 Å². The Hall–Kier alpha value is -1.89. The van der Waals surface area contributed by atoms with Crippen LogP contribution < -0.4 is 10.6 Å². The lowest BCUT2D eigenvalue weighted by Gasteiger charge is -2.23. The summed E-state index contributed by atoms with van der Waals surface area (Å²) in [5.41, 5.74) is 1.53. The van der Waals surface area contributed by atoms with E-state index in [9.17, 15) is 4.79 Å². The van der Waals surface area contributed by atoms with Gasteiger partial charge >= 0.3 is 6.03 Å². The Balaban J connectivity index is 2.10. The monoisotopic (exact) mass is 363 g/mol. The molecule has 0 aliphatic rings. The third-order valence-electron chi connectivity index (χ3n) is 3.69. The molecular weight excluding hydrogens is 334 g/mol. The average molecular weight is 364 g/mol. The van der Waals surface area contributed by atoms with Crippen LogP contribution in [-0.4, -0.2) is 20.8 Å². The van der Waals surface area contributed by atoms with Crippen LogP contribution in [0.5, 0.6) is 0 Å². The number of urea groups is 1. The number of hydrogen-bond acceptors (Lipinski definition) is 4. The van der Waals surface area contributed by atoms with E-state index in [0.29, 0.717) is 12.4 Å². The maximum absolute atomic E-state index is 12.3. The van der Waals surface area contributed by atoms with Crippen molar-refractivity contribution >= 4 is 23.2 Å². The first-order valence-corrected chi connectivity index (χ1v) is 9.48. The van der Waals surface area contributed by atoms with Gasteiger partial charge in [-0.15, -0.1) is 11.3 Å². The molecule has 6 nitrogen and oxygen atoms in total. The fourth-order valence-electron chi connectivity index (χ4n) is 2.27. The normalized spacial score (nSPS) is 12.3. The first-order chi connectivity index (χ1) is 11.5. The van der Waals surface area contributed by atoms with Crippen LogP contribution >= 0.6 is 11.3 Å². The highest BCUT2D eigenvalue weighted by molar-refractivity contribution is 7.09. The molecule has 2 rings (SSSR count). The number of carbonyl (C=O) groups excluding carboxylic acids is 1. The Morgan fingerprint density at radius 1 is 1.24 bits per heavy atom. The lowest BCUT2D eigenvalue weighted by Crippen LogP contribution is -2.32. The summed E-state index contributed by atoms with van der Waals surface area (Å²) in [6, 6.07) is 1.69. The molecule has 0 atom stereocenters. The summed E-state index contributed by atoms with van der Waals surface area (Å²) in [5, 5.41) is 13.6. The van der Waals surface area contributed by atoms with Crippen LogP contribution in [0.4, 0.5) is 10.6 Å². The SMILES string of the molecule is CCc1nc(CNC(=O)Nc2cc(C(C)(C)C)nn2C(C)(C)C)cs1.